The Balaban J connectivity index is 0.00000148. The van der Waals surface area contributed by atoms with E-state index in [0.29, 0.717) is 77.9 Å². The average molecular weight is 1020 g/mol. The van der Waals surface area contributed by atoms with Crippen molar-refractivity contribution in [2.45, 2.75) is 0 Å². The van der Waals surface area contributed by atoms with Gasteiger partial charge >= 0.3 is 19.5 Å². The van der Waals surface area contributed by atoms with E-state index in [1.54, 1.807) is 0 Å². The number of nitrogens with one attached hydrogen (secondary N) is 2. The first kappa shape index (κ1) is 50.4. The standard InChI is InChI=1S/C50H42N10O2.4ClH.Zn/c1-59(2,3)29-21-25-31(26-22-29)61-39-19-11-17-37-41(39)50-56-47(37)54-45-34-14-8-7-13-33(34)43(52-45)51-44-35-15-9-10-16-36(35)46(53-44)55-49-42-38(48(57-49)58-50)18-12-20-40(42)62-32-27-23-30(24-28-32)60(4,5)6;;;;;/h7-28H,1-6H3,(H2,51,52,53,54,55,56,57,58);4*1H;/q+2;;;;;+2/p-4. The van der Waals surface area contributed by atoms with Gasteiger partial charge in [0.1, 0.15) is 57.0 Å². The second kappa shape index (κ2) is 19.3. The van der Waals surface area contributed by atoms with Crippen LogP contribution in [0.3, 0.4) is 0 Å². The van der Waals surface area contributed by atoms with Gasteiger partial charge in [-0.2, -0.15) is 0 Å². The van der Waals surface area contributed by atoms with Crippen molar-refractivity contribution in [3.8, 4) is 68.5 Å². The molecule has 0 unspecified atom stereocenters. The monoisotopic (exact) mass is 1020 g/mol. The number of quaternary nitrogens is 2. The van der Waals surface area contributed by atoms with E-state index in [1.807, 2.05) is 109 Å². The van der Waals surface area contributed by atoms with Crippen molar-refractivity contribution < 1.29 is 78.6 Å². The molecule has 6 aromatic carbocycles. The smallest absolute Gasteiger partial charge is 1.00 e. The largest absolute Gasteiger partial charge is 2.00 e. The van der Waals surface area contributed by atoms with Gasteiger partial charge in [-0.1, -0.05) is 72.8 Å². The molecule has 12 nitrogen and oxygen atoms in total. The second-order valence-electron chi connectivity index (χ2n) is 17.3. The van der Waals surface area contributed by atoms with Crippen LogP contribution in [0, 0.1) is 0 Å². The van der Waals surface area contributed by atoms with E-state index < -0.39 is 0 Å². The predicted molar refractivity (Wildman–Crippen MR) is 248 cm³/mol. The molecule has 2 N–H and O–H groups in total. The Hall–Kier alpha value is -6.02. The number of hydrogen-bond acceptors (Lipinski definition) is 8. The summed E-state index contributed by atoms with van der Waals surface area (Å²) in [5.41, 5.74) is 7.96. The zero-order valence-electron chi connectivity index (χ0n) is 37.3. The summed E-state index contributed by atoms with van der Waals surface area (Å²) in [6.07, 6.45) is 0. The Morgan fingerprint density at radius 3 is 1.06 bits per heavy atom. The molecule has 67 heavy (non-hydrogen) atoms. The molecule has 0 saturated heterocycles. The summed E-state index contributed by atoms with van der Waals surface area (Å²) < 4.78 is 14.7. The summed E-state index contributed by atoms with van der Waals surface area (Å²) in [6, 6.07) is 44.2. The van der Waals surface area contributed by atoms with Crippen LogP contribution in [0.25, 0.3) is 89.7 Å². The number of ether oxygens (including phenoxy) is 2. The number of aromatic nitrogens is 8. The molecule has 0 spiro atoms. The van der Waals surface area contributed by atoms with Crippen molar-refractivity contribution in [1.29, 1.82) is 0 Å². The van der Waals surface area contributed by atoms with Crippen LogP contribution in [0.2, 0.25) is 0 Å². The van der Waals surface area contributed by atoms with E-state index in [4.69, 9.17) is 39.4 Å². The molecule has 334 valence electrons. The maximum absolute atomic E-state index is 6.69. The summed E-state index contributed by atoms with van der Waals surface area (Å²) in [5, 5.41) is 3.12. The fraction of sp³-hybridized carbons (Fsp3) is 0.120. The van der Waals surface area contributed by atoms with Gasteiger partial charge in [-0.15, -0.1) is 0 Å². The predicted octanol–water partition coefficient (Wildman–Crippen LogP) is -1.14. The number of benzene rings is 6. The van der Waals surface area contributed by atoms with Gasteiger partial charge in [-0.25, -0.2) is 29.9 Å². The molecule has 0 atom stereocenters. The minimum atomic E-state index is 0. The van der Waals surface area contributed by atoms with Crippen molar-refractivity contribution in [3.05, 3.63) is 133 Å². The molecule has 9 aromatic rings. The van der Waals surface area contributed by atoms with Crippen LogP contribution in [-0.4, -0.2) is 82.2 Å². The summed E-state index contributed by atoms with van der Waals surface area (Å²) in [6.45, 7) is 0. The van der Waals surface area contributed by atoms with Crippen LogP contribution < -0.4 is 68.1 Å². The second-order valence-corrected chi connectivity index (χ2v) is 17.3. The third kappa shape index (κ3) is 9.21. The van der Waals surface area contributed by atoms with Gasteiger partial charge in [0.05, 0.1) is 53.1 Å². The first-order valence-corrected chi connectivity index (χ1v) is 20.4. The molecule has 17 heteroatoms. The third-order valence-electron chi connectivity index (χ3n) is 11.3. The van der Waals surface area contributed by atoms with E-state index in [-0.39, 0.29) is 69.1 Å². The van der Waals surface area contributed by atoms with Crippen molar-refractivity contribution >= 4 is 55.5 Å². The van der Waals surface area contributed by atoms with Crippen LogP contribution in [0.5, 0.6) is 23.0 Å². The Morgan fingerprint density at radius 2 is 0.687 bits per heavy atom. The van der Waals surface area contributed by atoms with E-state index in [1.165, 1.54) is 0 Å². The fourth-order valence-corrected chi connectivity index (χ4v) is 8.07. The molecule has 11 rings (SSSR count). The Morgan fingerprint density at radius 1 is 0.358 bits per heavy atom. The molecular weight excluding hydrogens is 980 g/mol. The molecule has 0 fully saturated rings. The molecule has 0 radical (unpaired) electrons. The van der Waals surface area contributed by atoms with Crippen LogP contribution in [0.15, 0.2) is 133 Å². The molecule has 8 bridgehead atoms. The van der Waals surface area contributed by atoms with Gasteiger partial charge in [0, 0.05) is 57.3 Å². The van der Waals surface area contributed by atoms with E-state index in [2.05, 4.69) is 76.5 Å². The Bertz CT molecular complexity index is 3460. The molecule has 0 amide bonds. The first-order valence-electron chi connectivity index (χ1n) is 20.4. The molecule has 5 heterocycles. The Kier molecular flexibility index (Phi) is 14.5. The fourth-order valence-electron chi connectivity index (χ4n) is 8.07. The quantitative estimate of drug-likeness (QED) is 0.158. The van der Waals surface area contributed by atoms with Crippen molar-refractivity contribution in [2.75, 3.05) is 42.3 Å². The maximum atomic E-state index is 6.69. The number of aromatic amines is 2. The average Bonchev–Trinajstić information content (AvgIpc) is 4.00. The normalized spacial score (nSPS) is 11.4. The Labute approximate surface area is 424 Å². The van der Waals surface area contributed by atoms with E-state index >= 15 is 0 Å². The minimum Gasteiger partial charge on any atom is -1.00 e. The molecule has 0 saturated carbocycles. The van der Waals surface area contributed by atoms with Crippen LogP contribution in [-0.2, 0) is 19.5 Å². The molecule has 2 aliphatic rings. The SMILES string of the molecule is C[N+](C)(C)c1ccc(Oc2cccc3c4nc5[nH]c(nc6nc(nc7nc(nc([nH]4)c23)-c2ccccc2-7)-c2ccccc2-6)c2cccc(Oc3ccc([N+](C)(C)C)cc3)c52)cc1.[Cl-].[Cl-].[Cl-].[Cl-].[Zn+2]. The molecule has 0 aliphatic carbocycles. The topological polar surface area (TPSA) is 127 Å². The zero-order chi connectivity index (χ0) is 42.3. The number of halogens is 4. The summed E-state index contributed by atoms with van der Waals surface area (Å²) >= 11 is 0. The van der Waals surface area contributed by atoms with Gasteiger partial charge in [-0.3, -0.25) is 8.97 Å². The number of hydrogen-bond donors (Lipinski definition) is 2. The van der Waals surface area contributed by atoms with Gasteiger partial charge in [-0.05, 0) is 36.4 Å². The summed E-state index contributed by atoms with van der Waals surface area (Å²) in [4.78, 5) is 38.2. The maximum Gasteiger partial charge on any atom is 2.00 e. The van der Waals surface area contributed by atoms with Crippen LogP contribution in [0.4, 0.5) is 11.4 Å². The first-order chi connectivity index (χ1) is 29.9. The van der Waals surface area contributed by atoms with Crippen molar-refractivity contribution in [2.24, 2.45) is 0 Å². The van der Waals surface area contributed by atoms with Crippen molar-refractivity contribution in [3.63, 3.8) is 0 Å². The van der Waals surface area contributed by atoms with Crippen LogP contribution >= 0.6 is 0 Å². The number of nitrogens with zero attached hydrogens (tertiary/aromatic N) is 8. The zero-order valence-corrected chi connectivity index (χ0v) is 43.3. The number of H-pyrrole nitrogens is 2. The van der Waals surface area contributed by atoms with Gasteiger partial charge < -0.3 is 69.1 Å². The molecular formula is C50H42Cl4N10O2Zn. The van der Waals surface area contributed by atoms with Gasteiger partial charge in [0.25, 0.3) is 0 Å². The van der Waals surface area contributed by atoms with Gasteiger partial charge in [0.15, 0.2) is 23.3 Å². The third-order valence-corrected chi connectivity index (χ3v) is 11.3. The minimum absolute atomic E-state index is 0. The van der Waals surface area contributed by atoms with E-state index in [0.717, 1.165) is 55.2 Å². The number of rotatable bonds is 6. The number of fused-ring (bicyclic) bond motifs is 20. The molecule has 3 aromatic heterocycles. The van der Waals surface area contributed by atoms with Crippen LogP contribution in [0.1, 0.15) is 0 Å². The van der Waals surface area contributed by atoms with E-state index in [9.17, 15) is 0 Å². The van der Waals surface area contributed by atoms with Crippen molar-refractivity contribution in [1.82, 2.24) is 48.8 Å². The summed E-state index contributed by atoms with van der Waals surface area (Å²) in [5.74, 6) is 4.68. The van der Waals surface area contributed by atoms with Gasteiger partial charge in [0.2, 0.25) is 0 Å². The summed E-state index contributed by atoms with van der Waals surface area (Å²) in [7, 11) is 12.8. The molecule has 2 aliphatic heterocycles.